The van der Waals surface area contributed by atoms with Crippen molar-refractivity contribution in [3.8, 4) is 6.07 Å². The first-order valence-corrected chi connectivity index (χ1v) is 10.1. The number of nitrogens with zero attached hydrogens (tertiary/aromatic N) is 1. The summed E-state index contributed by atoms with van der Waals surface area (Å²) in [6, 6.07) is 11.4. The van der Waals surface area contributed by atoms with Crippen molar-refractivity contribution in [3.05, 3.63) is 59.7 Å². The number of benzene rings is 1. The molecule has 0 unspecified atom stereocenters. The second kappa shape index (κ2) is 11.7. The molecule has 0 saturated heterocycles. The van der Waals surface area contributed by atoms with Gasteiger partial charge in [-0.25, -0.2) is 0 Å². The van der Waals surface area contributed by atoms with Gasteiger partial charge >= 0.3 is 0 Å². The minimum Gasteiger partial charge on any atom is -0.193 e. The molecular formula is C24H33N. The van der Waals surface area contributed by atoms with Gasteiger partial charge in [-0.05, 0) is 74.3 Å². The van der Waals surface area contributed by atoms with E-state index >= 15 is 0 Å². The van der Waals surface area contributed by atoms with E-state index in [2.05, 4.69) is 37.3 Å². The molecule has 1 aromatic rings. The van der Waals surface area contributed by atoms with E-state index in [1.807, 2.05) is 18.2 Å². The molecule has 0 bridgehead atoms. The second-order valence-electron chi connectivity index (χ2n) is 7.47. The molecule has 1 nitrogen and oxygen atoms in total. The van der Waals surface area contributed by atoms with E-state index in [0.717, 1.165) is 5.92 Å². The molecule has 0 aliphatic heterocycles. The summed E-state index contributed by atoms with van der Waals surface area (Å²) in [7, 11) is 0. The zero-order valence-electron chi connectivity index (χ0n) is 15.8. The monoisotopic (exact) mass is 335 g/mol. The summed E-state index contributed by atoms with van der Waals surface area (Å²) >= 11 is 0. The average molecular weight is 336 g/mol. The van der Waals surface area contributed by atoms with Gasteiger partial charge in [-0.3, -0.25) is 0 Å². The zero-order chi connectivity index (χ0) is 17.7. The van der Waals surface area contributed by atoms with Crippen molar-refractivity contribution in [2.75, 3.05) is 0 Å². The highest BCUT2D eigenvalue weighted by Gasteiger charge is 2.19. The quantitative estimate of drug-likeness (QED) is 0.277. The predicted octanol–water partition coefficient (Wildman–Crippen LogP) is 6.79. The lowest BCUT2D eigenvalue weighted by atomic mass is 9.79. The largest absolute Gasteiger partial charge is 0.193 e. The highest BCUT2D eigenvalue weighted by atomic mass is 14.2. The van der Waals surface area contributed by atoms with Gasteiger partial charge in [0, 0.05) is 6.08 Å². The van der Waals surface area contributed by atoms with E-state index in [9.17, 15) is 0 Å². The third-order valence-corrected chi connectivity index (χ3v) is 5.49. The maximum atomic E-state index is 8.48. The SMILES string of the molecule is CCCCCc1ccc(CC[C@H]2CC[C@H](/C=C/C=C/C#N)CC2)cc1. The van der Waals surface area contributed by atoms with Crippen LogP contribution in [0.2, 0.25) is 0 Å². The fraction of sp³-hybridized carbons (Fsp3) is 0.542. The fourth-order valence-electron chi connectivity index (χ4n) is 3.81. The molecule has 1 saturated carbocycles. The number of allylic oxidation sites excluding steroid dienone is 4. The molecule has 0 aromatic heterocycles. The Kier molecular flexibility index (Phi) is 9.13. The van der Waals surface area contributed by atoms with E-state index in [-0.39, 0.29) is 0 Å². The maximum Gasteiger partial charge on any atom is 0.0912 e. The number of hydrogen-bond acceptors (Lipinski definition) is 1. The number of hydrogen-bond donors (Lipinski definition) is 0. The number of nitriles is 1. The smallest absolute Gasteiger partial charge is 0.0912 e. The van der Waals surface area contributed by atoms with Crippen LogP contribution in [0.1, 0.15) is 69.4 Å². The second-order valence-corrected chi connectivity index (χ2v) is 7.47. The Bertz CT molecular complexity index is 565. The van der Waals surface area contributed by atoms with Crippen molar-refractivity contribution >= 4 is 0 Å². The van der Waals surface area contributed by atoms with Crippen LogP contribution in [-0.2, 0) is 12.8 Å². The van der Waals surface area contributed by atoms with Crippen molar-refractivity contribution in [2.24, 2.45) is 11.8 Å². The number of unbranched alkanes of at least 4 members (excludes halogenated alkanes) is 2. The minimum atomic E-state index is 0.710. The number of aryl methyl sites for hydroxylation is 2. The summed E-state index contributed by atoms with van der Waals surface area (Å²) < 4.78 is 0. The lowest BCUT2D eigenvalue weighted by molar-refractivity contribution is 0.296. The Labute approximate surface area is 154 Å². The molecule has 0 amide bonds. The van der Waals surface area contributed by atoms with E-state index in [4.69, 9.17) is 5.26 Å². The Hall–Kier alpha value is -1.81. The average Bonchev–Trinajstić information content (AvgIpc) is 2.66. The van der Waals surface area contributed by atoms with Gasteiger partial charge in [-0.1, -0.05) is 62.3 Å². The molecule has 1 aliphatic rings. The van der Waals surface area contributed by atoms with Gasteiger partial charge in [0.2, 0.25) is 0 Å². The van der Waals surface area contributed by atoms with E-state index < -0.39 is 0 Å². The van der Waals surface area contributed by atoms with Crippen molar-refractivity contribution in [1.82, 2.24) is 0 Å². The topological polar surface area (TPSA) is 23.8 Å². The molecule has 1 fully saturated rings. The van der Waals surface area contributed by atoms with Crippen LogP contribution in [-0.4, -0.2) is 0 Å². The fourth-order valence-corrected chi connectivity index (χ4v) is 3.81. The molecule has 2 rings (SSSR count). The third-order valence-electron chi connectivity index (χ3n) is 5.49. The zero-order valence-corrected chi connectivity index (χ0v) is 15.8. The van der Waals surface area contributed by atoms with Gasteiger partial charge in [0.1, 0.15) is 0 Å². The van der Waals surface area contributed by atoms with E-state index in [1.165, 1.54) is 81.4 Å². The summed E-state index contributed by atoms with van der Waals surface area (Å²) in [4.78, 5) is 0. The molecule has 25 heavy (non-hydrogen) atoms. The van der Waals surface area contributed by atoms with Gasteiger partial charge in [0.05, 0.1) is 6.07 Å². The summed E-state index contributed by atoms with van der Waals surface area (Å²) in [5, 5.41) is 8.48. The molecule has 1 heteroatoms. The standard InChI is InChI=1S/C24H33N/c1-2-3-5-8-21-10-14-23(15-11-21)18-19-24-16-12-22(13-17-24)9-6-4-7-20-25/h4,6-7,9-11,14-15,22,24H,2-3,5,8,12-13,16-19H2,1H3/b7-4+,9-6+/t22-,24-. The Balaban J connectivity index is 1.66. The Morgan fingerprint density at radius 1 is 0.960 bits per heavy atom. The molecule has 0 radical (unpaired) electrons. The molecule has 134 valence electrons. The van der Waals surface area contributed by atoms with Gasteiger partial charge in [0.15, 0.2) is 0 Å². The summed E-state index contributed by atoms with van der Waals surface area (Å²) in [5.41, 5.74) is 3.00. The first kappa shape index (κ1) is 19.5. The summed E-state index contributed by atoms with van der Waals surface area (Å²) in [6.07, 6.45) is 20.8. The Morgan fingerprint density at radius 2 is 1.64 bits per heavy atom. The predicted molar refractivity (Wildman–Crippen MR) is 107 cm³/mol. The van der Waals surface area contributed by atoms with Crippen molar-refractivity contribution in [1.29, 1.82) is 5.26 Å². The highest BCUT2D eigenvalue weighted by Crippen LogP contribution is 2.32. The van der Waals surface area contributed by atoms with Crippen LogP contribution in [0.5, 0.6) is 0 Å². The number of rotatable bonds is 9. The molecular weight excluding hydrogens is 302 g/mol. The van der Waals surface area contributed by atoms with Crippen LogP contribution in [0.3, 0.4) is 0 Å². The van der Waals surface area contributed by atoms with Crippen LogP contribution in [0.4, 0.5) is 0 Å². The third kappa shape index (κ3) is 7.74. The maximum absolute atomic E-state index is 8.48. The van der Waals surface area contributed by atoms with Crippen molar-refractivity contribution < 1.29 is 0 Å². The van der Waals surface area contributed by atoms with Gasteiger partial charge in [-0.2, -0.15) is 5.26 Å². The Morgan fingerprint density at radius 3 is 2.28 bits per heavy atom. The van der Waals surface area contributed by atoms with Gasteiger partial charge in [0.25, 0.3) is 0 Å². The molecule has 0 N–H and O–H groups in total. The van der Waals surface area contributed by atoms with Crippen LogP contribution in [0.15, 0.2) is 48.6 Å². The van der Waals surface area contributed by atoms with E-state index in [0.29, 0.717) is 5.92 Å². The van der Waals surface area contributed by atoms with Crippen LogP contribution < -0.4 is 0 Å². The van der Waals surface area contributed by atoms with Crippen molar-refractivity contribution in [3.63, 3.8) is 0 Å². The summed E-state index contributed by atoms with van der Waals surface area (Å²) in [5.74, 6) is 1.60. The van der Waals surface area contributed by atoms with Crippen LogP contribution in [0, 0.1) is 23.2 Å². The van der Waals surface area contributed by atoms with E-state index in [1.54, 1.807) is 0 Å². The molecule has 0 heterocycles. The minimum absolute atomic E-state index is 0.710. The normalized spacial score (nSPS) is 21.0. The van der Waals surface area contributed by atoms with Crippen molar-refractivity contribution in [2.45, 2.75) is 71.1 Å². The molecule has 1 aliphatic carbocycles. The molecule has 0 spiro atoms. The highest BCUT2D eigenvalue weighted by molar-refractivity contribution is 5.22. The first-order valence-electron chi connectivity index (χ1n) is 10.1. The molecule has 0 atom stereocenters. The molecule has 1 aromatic carbocycles. The van der Waals surface area contributed by atoms with Gasteiger partial charge < -0.3 is 0 Å². The van der Waals surface area contributed by atoms with Crippen LogP contribution >= 0.6 is 0 Å². The lowest BCUT2D eigenvalue weighted by Gasteiger charge is -2.26. The summed E-state index contributed by atoms with van der Waals surface area (Å²) in [6.45, 7) is 2.26. The lowest BCUT2D eigenvalue weighted by Crippen LogP contribution is -2.13. The van der Waals surface area contributed by atoms with Gasteiger partial charge in [-0.15, -0.1) is 0 Å². The van der Waals surface area contributed by atoms with Crippen LogP contribution in [0.25, 0.3) is 0 Å². The first-order chi connectivity index (χ1) is 12.3.